The van der Waals surface area contributed by atoms with Gasteiger partial charge in [0.2, 0.25) is 0 Å². The third-order valence-corrected chi connectivity index (χ3v) is 2.59. The van der Waals surface area contributed by atoms with Gasteiger partial charge in [-0.3, -0.25) is 4.98 Å². The smallest absolute Gasteiger partial charge is 0.363 e. The van der Waals surface area contributed by atoms with Crippen LogP contribution < -0.4 is 4.74 Å². The molecule has 5 heteroatoms. The molecule has 0 saturated carbocycles. The van der Waals surface area contributed by atoms with Gasteiger partial charge in [0, 0.05) is 6.20 Å². The van der Waals surface area contributed by atoms with Gasteiger partial charge in [-0.05, 0) is 31.5 Å². The minimum atomic E-state index is -0.574. The van der Waals surface area contributed by atoms with Crippen molar-refractivity contribution >= 4 is 17.6 Å². The summed E-state index contributed by atoms with van der Waals surface area (Å²) in [6, 6.07) is 5.22. The summed E-state index contributed by atoms with van der Waals surface area (Å²) in [4.78, 5) is 19.7. The number of halogens is 1. The largest absolute Gasteiger partial charge is 0.420 e. The molecule has 0 aliphatic heterocycles. The van der Waals surface area contributed by atoms with Gasteiger partial charge in [0.1, 0.15) is 5.75 Å². The van der Waals surface area contributed by atoms with E-state index in [9.17, 15) is 4.79 Å². The Morgan fingerprint density at radius 1 is 1.22 bits per heavy atom. The Morgan fingerprint density at radius 2 is 2.00 bits per heavy atom. The molecule has 2 aromatic rings. The number of hydrogen-bond donors (Lipinski definition) is 0. The fraction of sp³-hybridized carbons (Fsp3) is 0.154. The number of carbonyl (C=O) groups is 1. The molecular formula is C13H11ClN2O2. The predicted molar refractivity (Wildman–Crippen MR) is 67.9 cm³/mol. The van der Waals surface area contributed by atoms with E-state index >= 15 is 0 Å². The topological polar surface area (TPSA) is 52.1 Å². The molecule has 0 bridgehead atoms. The van der Waals surface area contributed by atoms with E-state index in [1.165, 1.54) is 12.4 Å². The van der Waals surface area contributed by atoms with Crippen LogP contribution in [0, 0.1) is 13.8 Å². The number of aromatic nitrogens is 2. The summed E-state index contributed by atoms with van der Waals surface area (Å²) in [6.45, 7) is 3.68. The lowest BCUT2D eigenvalue weighted by atomic mass is 10.2. The molecule has 1 aromatic heterocycles. The lowest BCUT2D eigenvalue weighted by Gasteiger charge is -2.06. The summed E-state index contributed by atoms with van der Waals surface area (Å²) in [5.41, 5.74) is 1.84. The van der Waals surface area contributed by atoms with Crippen molar-refractivity contribution in [2.24, 2.45) is 0 Å². The van der Waals surface area contributed by atoms with E-state index < -0.39 is 5.97 Å². The van der Waals surface area contributed by atoms with Gasteiger partial charge in [-0.1, -0.05) is 17.7 Å². The van der Waals surface area contributed by atoms with Gasteiger partial charge < -0.3 is 4.74 Å². The van der Waals surface area contributed by atoms with Crippen LogP contribution in [0.3, 0.4) is 0 Å². The number of rotatable bonds is 2. The molecule has 92 valence electrons. The van der Waals surface area contributed by atoms with Crippen LogP contribution in [-0.4, -0.2) is 15.9 Å². The minimum Gasteiger partial charge on any atom is -0.420 e. The fourth-order valence-electron chi connectivity index (χ4n) is 1.34. The van der Waals surface area contributed by atoms with Gasteiger partial charge in [0.15, 0.2) is 5.69 Å². The molecule has 0 N–H and O–H groups in total. The Kier molecular flexibility index (Phi) is 3.58. The summed E-state index contributed by atoms with van der Waals surface area (Å²) in [5.74, 6) is -0.251. The van der Waals surface area contributed by atoms with Gasteiger partial charge in [-0.25, -0.2) is 9.78 Å². The van der Waals surface area contributed by atoms with Crippen molar-refractivity contribution in [1.29, 1.82) is 0 Å². The van der Waals surface area contributed by atoms with Crippen molar-refractivity contribution in [2.75, 3.05) is 0 Å². The van der Waals surface area contributed by atoms with Crippen LogP contribution in [0.1, 0.15) is 21.7 Å². The van der Waals surface area contributed by atoms with Gasteiger partial charge in [0.25, 0.3) is 0 Å². The predicted octanol–water partition coefficient (Wildman–Crippen LogP) is 2.97. The summed E-state index contributed by atoms with van der Waals surface area (Å²) in [7, 11) is 0. The maximum Gasteiger partial charge on any atom is 0.363 e. The molecule has 0 atom stereocenters. The van der Waals surface area contributed by atoms with E-state index in [-0.39, 0.29) is 5.69 Å². The maximum absolute atomic E-state index is 11.8. The lowest BCUT2D eigenvalue weighted by Crippen LogP contribution is -2.11. The van der Waals surface area contributed by atoms with E-state index in [4.69, 9.17) is 16.3 Å². The Bertz CT molecular complexity index is 582. The molecule has 1 heterocycles. The number of benzene rings is 1. The highest BCUT2D eigenvalue weighted by Gasteiger charge is 2.12. The standard InChI is InChI=1S/C13H11ClN2O2/c1-8-3-4-10(14)12(5-8)18-13(17)11-7-15-9(2)6-16-11/h3-7H,1-2H3. The normalized spacial score (nSPS) is 10.2. The van der Waals surface area contributed by atoms with Crippen LogP contribution >= 0.6 is 11.6 Å². The average Bonchev–Trinajstić information content (AvgIpc) is 2.34. The summed E-state index contributed by atoms with van der Waals surface area (Å²) in [5, 5.41) is 0.383. The van der Waals surface area contributed by atoms with Crippen LogP contribution in [0.25, 0.3) is 0 Å². The van der Waals surface area contributed by atoms with Crippen LogP contribution in [0.5, 0.6) is 5.75 Å². The summed E-state index contributed by atoms with van der Waals surface area (Å²) < 4.78 is 5.18. The first-order valence-corrected chi connectivity index (χ1v) is 5.71. The van der Waals surface area contributed by atoms with Crippen molar-refractivity contribution in [3.8, 4) is 5.75 Å². The monoisotopic (exact) mass is 262 g/mol. The Labute approximate surface area is 110 Å². The molecule has 0 fully saturated rings. The number of hydrogen-bond acceptors (Lipinski definition) is 4. The second-order valence-electron chi connectivity index (χ2n) is 3.87. The molecule has 1 aromatic carbocycles. The third-order valence-electron chi connectivity index (χ3n) is 2.28. The van der Waals surface area contributed by atoms with Crippen LogP contribution in [0.4, 0.5) is 0 Å². The van der Waals surface area contributed by atoms with Crippen LogP contribution in [0.15, 0.2) is 30.6 Å². The van der Waals surface area contributed by atoms with Crippen LogP contribution in [0.2, 0.25) is 5.02 Å². The molecule has 0 aliphatic rings. The van der Waals surface area contributed by atoms with Crippen molar-refractivity contribution in [1.82, 2.24) is 9.97 Å². The van der Waals surface area contributed by atoms with E-state index in [0.29, 0.717) is 10.8 Å². The lowest BCUT2D eigenvalue weighted by molar-refractivity contribution is 0.0728. The fourth-order valence-corrected chi connectivity index (χ4v) is 1.50. The minimum absolute atomic E-state index is 0.151. The molecule has 2 rings (SSSR count). The Hall–Kier alpha value is -1.94. The molecular weight excluding hydrogens is 252 g/mol. The first-order valence-electron chi connectivity index (χ1n) is 5.33. The zero-order chi connectivity index (χ0) is 13.1. The number of ether oxygens (including phenoxy) is 1. The maximum atomic E-state index is 11.8. The van der Waals surface area contributed by atoms with Crippen molar-refractivity contribution in [3.63, 3.8) is 0 Å². The quantitative estimate of drug-likeness (QED) is 0.617. The van der Waals surface area contributed by atoms with Gasteiger partial charge in [-0.15, -0.1) is 0 Å². The highest BCUT2D eigenvalue weighted by atomic mass is 35.5. The Balaban J connectivity index is 2.21. The highest BCUT2D eigenvalue weighted by Crippen LogP contribution is 2.25. The SMILES string of the molecule is Cc1ccc(Cl)c(OC(=O)c2cnc(C)cn2)c1. The number of nitrogens with zero attached hydrogens (tertiary/aromatic N) is 2. The van der Waals surface area contributed by atoms with Gasteiger partial charge in [-0.2, -0.15) is 0 Å². The number of esters is 1. The van der Waals surface area contributed by atoms with E-state index in [1.54, 1.807) is 19.1 Å². The van der Waals surface area contributed by atoms with Crippen LogP contribution in [-0.2, 0) is 0 Å². The highest BCUT2D eigenvalue weighted by molar-refractivity contribution is 6.32. The number of carbonyl (C=O) groups excluding carboxylic acids is 1. The van der Waals surface area contributed by atoms with Crippen molar-refractivity contribution in [2.45, 2.75) is 13.8 Å². The molecule has 0 aliphatic carbocycles. The Morgan fingerprint density at radius 3 is 2.67 bits per heavy atom. The zero-order valence-corrected chi connectivity index (χ0v) is 10.7. The summed E-state index contributed by atoms with van der Waals surface area (Å²) >= 11 is 5.94. The molecule has 0 unspecified atom stereocenters. The van der Waals surface area contributed by atoms with Crippen molar-refractivity contribution < 1.29 is 9.53 Å². The molecule has 0 radical (unpaired) electrons. The van der Waals surface area contributed by atoms with Gasteiger partial charge in [0.05, 0.1) is 16.9 Å². The molecule has 4 nitrogen and oxygen atoms in total. The van der Waals surface area contributed by atoms with E-state index in [2.05, 4.69) is 9.97 Å². The zero-order valence-electron chi connectivity index (χ0n) is 9.98. The first kappa shape index (κ1) is 12.5. The third kappa shape index (κ3) is 2.84. The van der Waals surface area contributed by atoms with Gasteiger partial charge >= 0.3 is 5.97 Å². The molecule has 0 spiro atoms. The van der Waals surface area contributed by atoms with Crippen molar-refractivity contribution in [3.05, 3.63) is 52.6 Å². The average molecular weight is 263 g/mol. The molecule has 0 amide bonds. The first-order chi connectivity index (χ1) is 8.56. The van der Waals surface area contributed by atoms with E-state index in [1.807, 2.05) is 13.0 Å². The second-order valence-corrected chi connectivity index (χ2v) is 4.27. The number of aryl methyl sites for hydroxylation is 2. The van der Waals surface area contributed by atoms with E-state index in [0.717, 1.165) is 11.3 Å². The molecule has 0 saturated heterocycles. The second kappa shape index (κ2) is 5.14. The molecule has 18 heavy (non-hydrogen) atoms. The summed E-state index contributed by atoms with van der Waals surface area (Å²) in [6.07, 6.45) is 2.88.